The van der Waals surface area contributed by atoms with E-state index in [0.717, 1.165) is 31.9 Å². The van der Waals surface area contributed by atoms with Crippen molar-refractivity contribution in [3.63, 3.8) is 0 Å². The number of morpholine rings is 1. The summed E-state index contributed by atoms with van der Waals surface area (Å²) in [5.41, 5.74) is 4.06. The van der Waals surface area contributed by atoms with Gasteiger partial charge in [-0.3, -0.25) is 0 Å². The molecule has 0 saturated carbocycles. The Balaban J connectivity index is 1.98. The highest BCUT2D eigenvalue weighted by molar-refractivity contribution is 5.49. The Morgan fingerprint density at radius 1 is 1.35 bits per heavy atom. The van der Waals surface area contributed by atoms with E-state index in [1.165, 1.54) is 29.5 Å². The van der Waals surface area contributed by atoms with E-state index in [1.54, 1.807) is 7.11 Å². The van der Waals surface area contributed by atoms with Gasteiger partial charge in [0.05, 0.1) is 19.8 Å². The average Bonchev–Trinajstić information content (AvgIpc) is 2.86. The summed E-state index contributed by atoms with van der Waals surface area (Å²) in [5.74, 6) is 1.06. The van der Waals surface area contributed by atoms with Gasteiger partial charge in [-0.1, -0.05) is 12.1 Å². The van der Waals surface area contributed by atoms with Gasteiger partial charge >= 0.3 is 0 Å². The molecule has 1 aliphatic heterocycles. The first-order valence-electron chi connectivity index (χ1n) is 6.41. The maximum atomic E-state index is 5.82. The van der Waals surface area contributed by atoms with E-state index in [2.05, 4.69) is 17.4 Å². The third-order valence-electron chi connectivity index (χ3n) is 3.74. The number of benzene rings is 1. The first-order valence-corrected chi connectivity index (χ1v) is 6.41. The summed E-state index contributed by atoms with van der Waals surface area (Å²) in [5, 5.41) is 3.37. The topological polar surface area (TPSA) is 30.5 Å². The van der Waals surface area contributed by atoms with Crippen LogP contribution in [0.3, 0.4) is 0 Å². The molecule has 1 fully saturated rings. The molecule has 0 radical (unpaired) electrons. The molecule has 1 N–H and O–H groups in total. The standard InChI is InChI=1S/C14H19NO2/c1-16-14-11-4-2-3-10(11)5-6-12(14)13-9-15-7-8-17-13/h5-6,13,15H,2-4,7-9H2,1H3. The number of hydrogen-bond donors (Lipinski definition) is 1. The summed E-state index contributed by atoms with van der Waals surface area (Å²) in [6.07, 6.45) is 3.73. The second-order valence-corrected chi connectivity index (χ2v) is 4.74. The molecule has 1 atom stereocenters. The Labute approximate surface area is 102 Å². The van der Waals surface area contributed by atoms with Crippen molar-refractivity contribution >= 4 is 0 Å². The maximum absolute atomic E-state index is 5.82. The van der Waals surface area contributed by atoms with Crippen molar-refractivity contribution in [2.24, 2.45) is 0 Å². The zero-order chi connectivity index (χ0) is 11.7. The molecule has 2 aliphatic rings. The number of hydrogen-bond acceptors (Lipinski definition) is 3. The van der Waals surface area contributed by atoms with Crippen LogP contribution in [0, 0.1) is 0 Å². The van der Waals surface area contributed by atoms with Crippen LogP contribution in [0.2, 0.25) is 0 Å². The van der Waals surface area contributed by atoms with Crippen LogP contribution in [0.25, 0.3) is 0 Å². The van der Waals surface area contributed by atoms with Crippen molar-refractivity contribution in [2.45, 2.75) is 25.4 Å². The molecule has 1 saturated heterocycles. The second-order valence-electron chi connectivity index (χ2n) is 4.74. The van der Waals surface area contributed by atoms with E-state index in [4.69, 9.17) is 9.47 Å². The number of aryl methyl sites for hydroxylation is 1. The largest absolute Gasteiger partial charge is 0.496 e. The number of ether oxygens (including phenoxy) is 2. The molecule has 0 amide bonds. The number of nitrogens with one attached hydrogen (secondary N) is 1. The fraction of sp³-hybridized carbons (Fsp3) is 0.571. The van der Waals surface area contributed by atoms with Crippen LogP contribution in [0.5, 0.6) is 5.75 Å². The van der Waals surface area contributed by atoms with Crippen molar-refractivity contribution in [2.75, 3.05) is 26.8 Å². The minimum Gasteiger partial charge on any atom is -0.496 e. The van der Waals surface area contributed by atoms with Gasteiger partial charge < -0.3 is 14.8 Å². The lowest BCUT2D eigenvalue weighted by Gasteiger charge is -2.26. The molecular weight excluding hydrogens is 214 g/mol. The molecule has 1 aromatic rings. The van der Waals surface area contributed by atoms with Gasteiger partial charge in [-0.15, -0.1) is 0 Å². The Hall–Kier alpha value is -1.06. The minimum atomic E-state index is 0.143. The van der Waals surface area contributed by atoms with Crippen LogP contribution in [-0.4, -0.2) is 26.8 Å². The molecule has 0 aromatic heterocycles. The van der Waals surface area contributed by atoms with Gasteiger partial charge in [0.25, 0.3) is 0 Å². The Morgan fingerprint density at radius 3 is 3.06 bits per heavy atom. The van der Waals surface area contributed by atoms with Crippen molar-refractivity contribution in [1.82, 2.24) is 5.32 Å². The van der Waals surface area contributed by atoms with Crippen LogP contribution in [0.15, 0.2) is 12.1 Å². The molecule has 3 heteroatoms. The Kier molecular flexibility index (Phi) is 3.04. The zero-order valence-electron chi connectivity index (χ0n) is 10.3. The predicted molar refractivity (Wildman–Crippen MR) is 66.6 cm³/mol. The molecule has 92 valence electrons. The molecule has 3 rings (SSSR count). The molecule has 0 spiro atoms. The smallest absolute Gasteiger partial charge is 0.128 e. The Bertz CT molecular complexity index is 411. The molecule has 17 heavy (non-hydrogen) atoms. The normalized spacial score (nSPS) is 23.5. The van der Waals surface area contributed by atoms with E-state index in [0.29, 0.717) is 0 Å². The van der Waals surface area contributed by atoms with Crippen LogP contribution >= 0.6 is 0 Å². The van der Waals surface area contributed by atoms with Gasteiger partial charge in [-0.2, -0.15) is 0 Å². The number of methoxy groups -OCH3 is 1. The average molecular weight is 233 g/mol. The second kappa shape index (κ2) is 4.67. The molecule has 0 bridgehead atoms. The van der Waals surface area contributed by atoms with Crippen molar-refractivity contribution in [1.29, 1.82) is 0 Å². The number of rotatable bonds is 2. The van der Waals surface area contributed by atoms with Crippen LogP contribution in [0.1, 0.15) is 29.2 Å². The maximum Gasteiger partial charge on any atom is 0.128 e. The lowest BCUT2D eigenvalue weighted by molar-refractivity contribution is 0.0262. The van der Waals surface area contributed by atoms with Gasteiger partial charge in [0.1, 0.15) is 5.75 Å². The quantitative estimate of drug-likeness (QED) is 0.845. The van der Waals surface area contributed by atoms with E-state index < -0.39 is 0 Å². The summed E-state index contributed by atoms with van der Waals surface area (Å²) < 4.78 is 11.5. The summed E-state index contributed by atoms with van der Waals surface area (Å²) in [6.45, 7) is 2.61. The summed E-state index contributed by atoms with van der Waals surface area (Å²) >= 11 is 0. The third kappa shape index (κ3) is 1.94. The van der Waals surface area contributed by atoms with Crippen molar-refractivity contribution in [3.05, 3.63) is 28.8 Å². The molecule has 1 aliphatic carbocycles. The molecular formula is C14H19NO2. The SMILES string of the molecule is COc1c(C2CNCCO2)ccc2c1CCC2. The molecule has 1 unspecified atom stereocenters. The van der Waals surface area contributed by atoms with Crippen LogP contribution in [0.4, 0.5) is 0 Å². The van der Waals surface area contributed by atoms with Gasteiger partial charge in [-0.05, 0) is 30.4 Å². The fourth-order valence-corrected chi connectivity index (χ4v) is 2.91. The lowest BCUT2D eigenvalue weighted by Crippen LogP contribution is -2.33. The van der Waals surface area contributed by atoms with E-state index >= 15 is 0 Å². The van der Waals surface area contributed by atoms with Crippen LogP contribution in [-0.2, 0) is 17.6 Å². The predicted octanol–water partition coefficient (Wildman–Crippen LogP) is 1.84. The number of fused-ring (bicyclic) bond motifs is 1. The van der Waals surface area contributed by atoms with Gasteiger partial charge in [0.2, 0.25) is 0 Å². The molecule has 1 heterocycles. The zero-order valence-corrected chi connectivity index (χ0v) is 10.3. The van der Waals surface area contributed by atoms with E-state index in [9.17, 15) is 0 Å². The first-order chi connectivity index (χ1) is 8.40. The van der Waals surface area contributed by atoms with Crippen LogP contribution < -0.4 is 10.1 Å². The van der Waals surface area contributed by atoms with Gasteiger partial charge in [-0.25, -0.2) is 0 Å². The first kappa shape index (κ1) is 11.1. The Morgan fingerprint density at radius 2 is 2.29 bits per heavy atom. The molecule has 1 aromatic carbocycles. The highest BCUT2D eigenvalue weighted by Gasteiger charge is 2.24. The summed E-state index contributed by atoms with van der Waals surface area (Å²) in [7, 11) is 1.77. The van der Waals surface area contributed by atoms with E-state index in [1.807, 2.05) is 0 Å². The van der Waals surface area contributed by atoms with E-state index in [-0.39, 0.29) is 6.10 Å². The monoisotopic (exact) mass is 233 g/mol. The van der Waals surface area contributed by atoms with Crippen molar-refractivity contribution < 1.29 is 9.47 Å². The fourth-order valence-electron chi connectivity index (χ4n) is 2.91. The molecule has 3 nitrogen and oxygen atoms in total. The highest BCUT2D eigenvalue weighted by Crippen LogP contribution is 2.37. The minimum absolute atomic E-state index is 0.143. The summed E-state index contributed by atoms with van der Waals surface area (Å²) in [6, 6.07) is 4.43. The third-order valence-corrected chi connectivity index (χ3v) is 3.74. The van der Waals surface area contributed by atoms with Gasteiger partial charge in [0.15, 0.2) is 0 Å². The van der Waals surface area contributed by atoms with Crippen molar-refractivity contribution in [3.8, 4) is 5.75 Å². The van der Waals surface area contributed by atoms with Gasteiger partial charge in [0, 0.05) is 18.7 Å². The highest BCUT2D eigenvalue weighted by atomic mass is 16.5. The summed E-state index contributed by atoms with van der Waals surface area (Å²) in [4.78, 5) is 0. The lowest BCUT2D eigenvalue weighted by atomic mass is 10.00.